The Morgan fingerprint density at radius 3 is 2.50 bits per heavy atom. The molecule has 0 bridgehead atoms. The standard InChI is InChI=1S/C18H25FN4O3/c1-13(26-15-8-6-14(19)7-9-15)12-22-18(20-2)21-10-11-23-16(24)4-3-5-17(23)25/h6-9,13H,3-5,10-12H2,1-2H3,(H2,20,21,22). The van der Waals surface area contributed by atoms with Gasteiger partial charge in [-0.25, -0.2) is 4.39 Å². The van der Waals surface area contributed by atoms with Gasteiger partial charge in [-0.3, -0.25) is 19.5 Å². The van der Waals surface area contributed by atoms with Gasteiger partial charge in [0.2, 0.25) is 11.8 Å². The first kappa shape index (κ1) is 19.7. The summed E-state index contributed by atoms with van der Waals surface area (Å²) < 4.78 is 18.6. The minimum atomic E-state index is -0.307. The van der Waals surface area contributed by atoms with Crippen molar-refractivity contribution in [1.29, 1.82) is 0 Å². The highest BCUT2D eigenvalue weighted by atomic mass is 19.1. The van der Waals surface area contributed by atoms with E-state index in [4.69, 9.17) is 4.74 Å². The van der Waals surface area contributed by atoms with Crippen LogP contribution in [0.5, 0.6) is 5.75 Å². The average Bonchev–Trinajstić information content (AvgIpc) is 2.62. The molecule has 1 aliphatic heterocycles. The third-order valence-electron chi connectivity index (χ3n) is 3.94. The maximum Gasteiger partial charge on any atom is 0.229 e. The molecule has 1 atom stereocenters. The van der Waals surface area contributed by atoms with Crippen LogP contribution in [0.15, 0.2) is 29.3 Å². The van der Waals surface area contributed by atoms with Gasteiger partial charge in [0.1, 0.15) is 17.7 Å². The number of amides is 2. The molecule has 0 aliphatic carbocycles. The molecule has 1 heterocycles. The van der Waals surface area contributed by atoms with E-state index in [1.54, 1.807) is 19.2 Å². The number of likely N-dealkylation sites (tertiary alicyclic amines) is 1. The second-order valence-electron chi connectivity index (χ2n) is 6.05. The highest BCUT2D eigenvalue weighted by molar-refractivity contribution is 5.97. The number of hydrogen-bond acceptors (Lipinski definition) is 4. The minimum Gasteiger partial charge on any atom is -0.489 e. The molecule has 0 saturated carbocycles. The van der Waals surface area contributed by atoms with Gasteiger partial charge in [-0.1, -0.05) is 0 Å². The van der Waals surface area contributed by atoms with Crippen molar-refractivity contribution in [1.82, 2.24) is 15.5 Å². The van der Waals surface area contributed by atoms with Gasteiger partial charge in [0.25, 0.3) is 0 Å². The van der Waals surface area contributed by atoms with Gasteiger partial charge >= 0.3 is 0 Å². The monoisotopic (exact) mass is 364 g/mol. The molecule has 1 aliphatic rings. The molecule has 26 heavy (non-hydrogen) atoms. The van der Waals surface area contributed by atoms with Crippen LogP contribution in [-0.2, 0) is 9.59 Å². The van der Waals surface area contributed by atoms with E-state index in [0.29, 0.717) is 50.6 Å². The predicted molar refractivity (Wildman–Crippen MR) is 96.4 cm³/mol. The number of halogens is 1. The molecule has 7 nitrogen and oxygen atoms in total. The molecular formula is C18H25FN4O3. The van der Waals surface area contributed by atoms with E-state index in [1.807, 2.05) is 6.92 Å². The molecule has 1 aromatic carbocycles. The molecule has 1 aromatic rings. The quantitative estimate of drug-likeness (QED) is 0.433. The fourth-order valence-electron chi connectivity index (χ4n) is 2.58. The van der Waals surface area contributed by atoms with Crippen molar-refractivity contribution >= 4 is 17.8 Å². The van der Waals surface area contributed by atoms with E-state index < -0.39 is 0 Å². The van der Waals surface area contributed by atoms with E-state index in [0.717, 1.165) is 0 Å². The van der Waals surface area contributed by atoms with Gasteiger partial charge in [-0.05, 0) is 37.6 Å². The molecule has 0 aromatic heterocycles. The summed E-state index contributed by atoms with van der Waals surface area (Å²) in [6.07, 6.45) is 1.33. The number of ether oxygens (including phenoxy) is 1. The van der Waals surface area contributed by atoms with Crippen LogP contribution in [0.3, 0.4) is 0 Å². The van der Waals surface area contributed by atoms with Crippen molar-refractivity contribution in [3.8, 4) is 5.75 Å². The third-order valence-corrected chi connectivity index (χ3v) is 3.94. The summed E-state index contributed by atoms with van der Waals surface area (Å²) in [5.74, 6) is 0.597. The topological polar surface area (TPSA) is 83.0 Å². The van der Waals surface area contributed by atoms with Crippen molar-refractivity contribution in [3.05, 3.63) is 30.1 Å². The van der Waals surface area contributed by atoms with Gasteiger partial charge in [0.05, 0.1) is 6.54 Å². The van der Waals surface area contributed by atoms with Crippen LogP contribution in [0, 0.1) is 5.82 Å². The smallest absolute Gasteiger partial charge is 0.229 e. The molecule has 8 heteroatoms. The molecule has 1 unspecified atom stereocenters. The van der Waals surface area contributed by atoms with Crippen molar-refractivity contribution in [3.63, 3.8) is 0 Å². The fraction of sp³-hybridized carbons (Fsp3) is 0.500. The Morgan fingerprint density at radius 2 is 1.88 bits per heavy atom. The van der Waals surface area contributed by atoms with E-state index >= 15 is 0 Å². The van der Waals surface area contributed by atoms with Gasteiger partial charge < -0.3 is 15.4 Å². The maximum absolute atomic E-state index is 12.9. The molecule has 0 spiro atoms. The van der Waals surface area contributed by atoms with Gasteiger partial charge in [0.15, 0.2) is 5.96 Å². The van der Waals surface area contributed by atoms with Crippen molar-refractivity contribution in [2.24, 2.45) is 4.99 Å². The summed E-state index contributed by atoms with van der Waals surface area (Å²) in [6.45, 7) is 3.11. The Kier molecular flexibility index (Phi) is 7.37. The zero-order chi connectivity index (χ0) is 18.9. The average molecular weight is 364 g/mol. The minimum absolute atomic E-state index is 0.118. The number of nitrogens with zero attached hydrogens (tertiary/aromatic N) is 2. The molecule has 2 rings (SSSR count). The summed E-state index contributed by atoms with van der Waals surface area (Å²) in [4.78, 5) is 28.9. The number of benzene rings is 1. The summed E-state index contributed by atoms with van der Waals surface area (Å²) in [6, 6.07) is 5.84. The second-order valence-corrected chi connectivity index (χ2v) is 6.05. The number of aliphatic imine (C=N–C) groups is 1. The Morgan fingerprint density at radius 1 is 1.23 bits per heavy atom. The first-order chi connectivity index (χ1) is 12.5. The van der Waals surface area contributed by atoms with E-state index in [2.05, 4.69) is 15.6 Å². The summed E-state index contributed by atoms with van der Waals surface area (Å²) >= 11 is 0. The molecular weight excluding hydrogens is 339 g/mol. The number of carbonyl (C=O) groups is 2. The van der Waals surface area contributed by atoms with E-state index in [-0.39, 0.29) is 23.7 Å². The van der Waals surface area contributed by atoms with Crippen LogP contribution < -0.4 is 15.4 Å². The summed E-state index contributed by atoms with van der Waals surface area (Å²) in [7, 11) is 1.64. The van der Waals surface area contributed by atoms with E-state index in [1.165, 1.54) is 17.0 Å². The number of carbonyl (C=O) groups excluding carboxylic acids is 2. The van der Waals surface area contributed by atoms with Crippen LogP contribution in [0.2, 0.25) is 0 Å². The highest BCUT2D eigenvalue weighted by Crippen LogP contribution is 2.13. The number of rotatable bonds is 7. The summed E-state index contributed by atoms with van der Waals surface area (Å²) in [5, 5.41) is 6.18. The lowest BCUT2D eigenvalue weighted by Crippen LogP contribution is -2.47. The molecule has 2 amide bonds. The van der Waals surface area contributed by atoms with Crippen molar-refractivity contribution in [2.45, 2.75) is 32.3 Å². The molecule has 142 valence electrons. The van der Waals surface area contributed by atoms with Crippen LogP contribution in [-0.4, -0.2) is 55.5 Å². The van der Waals surface area contributed by atoms with Crippen LogP contribution in [0.4, 0.5) is 4.39 Å². The Hall–Kier alpha value is -2.64. The SMILES string of the molecule is CN=C(NCCN1C(=O)CCCC1=O)NCC(C)Oc1ccc(F)cc1. The number of guanidine groups is 1. The Balaban J connectivity index is 1.70. The third kappa shape index (κ3) is 6.02. The first-order valence-corrected chi connectivity index (χ1v) is 8.69. The van der Waals surface area contributed by atoms with Crippen LogP contribution >= 0.6 is 0 Å². The second kappa shape index (κ2) is 9.74. The number of piperidine rings is 1. The van der Waals surface area contributed by atoms with Gasteiger partial charge in [-0.15, -0.1) is 0 Å². The maximum atomic E-state index is 12.9. The Labute approximate surface area is 152 Å². The zero-order valence-electron chi connectivity index (χ0n) is 15.1. The number of nitrogens with one attached hydrogen (secondary N) is 2. The highest BCUT2D eigenvalue weighted by Gasteiger charge is 2.25. The molecule has 2 N–H and O–H groups in total. The van der Waals surface area contributed by atoms with Crippen molar-refractivity contribution < 1.29 is 18.7 Å². The zero-order valence-corrected chi connectivity index (χ0v) is 15.1. The van der Waals surface area contributed by atoms with Crippen LogP contribution in [0.1, 0.15) is 26.2 Å². The lowest BCUT2D eigenvalue weighted by Gasteiger charge is -2.25. The number of imide groups is 1. The van der Waals surface area contributed by atoms with Crippen LogP contribution in [0.25, 0.3) is 0 Å². The molecule has 1 saturated heterocycles. The number of hydrogen-bond donors (Lipinski definition) is 2. The van der Waals surface area contributed by atoms with Gasteiger partial charge in [0, 0.05) is 33.0 Å². The largest absolute Gasteiger partial charge is 0.489 e. The lowest BCUT2D eigenvalue weighted by molar-refractivity contribution is -0.147. The van der Waals surface area contributed by atoms with Crippen molar-refractivity contribution in [2.75, 3.05) is 26.7 Å². The Bertz CT molecular complexity index is 632. The normalized spacial score (nSPS) is 16.4. The molecule has 1 fully saturated rings. The predicted octanol–water partition coefficient (Wildman–Crippen LogP) is 1.30. The van der Waals surface area contributed by atoms with E-state index in [9.17, 15) is 14.0 Å². The molecule has 0 radical (unpaired) electrons. The summed E-state index contributed by atoms with van der Waals surface area (Å²) in [5.41, 5.74) is 0. The first-order valence-electron chi connectivity index (χ1n) is 8.69. The lowest BCUT2D eigenvalue weighted by atomic mass is 10.1. The van der Waals surface area contributed by atoms with Gasteiger partial charge in [-0.2, -0.15) is 0 Å². The fourth-order valence-corrected chi connectivity index (χ4v) is 2.58.